The standard InChI is InChI=1S/C18H22N4S/c1-13-6-5-7-14(2)17(13)20-18(23)21-19-12-15-8-10-16(11-9-15)22(3)4/h5-12H,1-4H3,(H2,20,21,23)/b19-12-. The van der Waals surface area contributed by atoms with Gasteiger partial charge in [-0.1, -0.05) is 30.3 Å². The summed E-state index contributed by atoms with van der Waals surface area (Å²) >= 11 is 5.28. The van der Waals surface area contributed by atoms with E-state index in [4.69, 9.17) is 12.2 Å². The molecule has 0 aliphatic carbocycles. The van der Waals surface area contributed by atoms with Crippen LogP contribution in [0.4, 0.5) is 11.4 Å². The van der Waals surface area contributed by atoms with Gasteiger partial charge in [-0.15, -0.1) is 0 Å². The lowest BCUT2D eigenvalue weighted by Gasteiger charge is -2.13. The van der Waals surface area contributed by atoms with E-state index in [9.17, 15) is 0 Å². The average molecular weight is 326 g/mol. The number of anilines is 2. The molecule has 2 N–H and O–H groups in total. The molecule has 0 amide bonds. The van der Waals surface area contributed by atoms with Crippen molar-refractivity contribution in [1.82, 2.24) is 5.43 Å². The molecule has 0 saturated heterocycles. The molecule has 0 atom stereocenters. The molecule has 0 aromatic heterocycles. The highest BCUT2D eigenvalue weighted by molar-refractivity contribution is 7.80. The van der Waals surface area contributed by atoms with Crippen LogP contribution >= 0.6 is 12.2 Å². The summed E-state index contributed by atoms with van der Waals surface area (Å²) in [5.41, 5.74) is 8.34. The van der Waals surface area contributed by atoms with Crippen molar-refractivity contribution in [3.63, 3.8) is 0 Å². The topological polar surface area (TPSA) is 39.7 Å². The van der Waals surface area contributed by atoms with Gasteiger partial charge < -0.3 is 10.2 Å². The zero-order valence-electron chi connectivity index (χ0n) is 13.9. The van der Waals surface area contributed by atoms with E-state index in [2.05, 4.69) is 32.9 Å². The molecule has 0 radical (unpaired) electrons. The third kappa shape index (κ3) is 4.79. The van der Waals surface area contributed by atoms with Crippen molar-refractivity contribution in [3.8, 4) is 0 Å². The molecule has 2 aromatic carbocycles. The Kier molecular flexibility index (Phi) is 5.71. The minimum atomic E-state index is 0.476. The first-order chi connectivity index (χ1) is 11.0. The number of benzene rings is 2. The molecular formula is C18H22N4S. The SMILES string of the molecule is Cc1cccc(C)c1NC(=S)N/N=C\c1ccc(N(C)C)cc1. The predicted octanol–water partition coefficient (Wildman–Crippen LogP) is 3.69. The summed E-state index contributed by atoms with van der Waals surface area (Å²) in [6, 6.07) is 14.3. The van der Waals surface area contributed by atoms with E-state index in [1.165, 1.54) is 0 Å². The van der Waals surface area contributed by atoms with Crippen molar-refractivity contribution in [1.29, 1.82) is 0 Å². The fourth-order valence-electron chi connectivity index (χ4n) is 2.18. The van der Waals surface area contributed by atoms with Crippen LogP contribution in [0.1, 0.15) is 16.7 Å². The highest BCUT2D eigenvalue weighted by atomic mass is 32.1. The van der Waals surface area contributed by atoms with Crippen LogP contribution in [0.25, 0.3) is 0 Å². The quantitative estimate of drug-likeness (QED) is 0.511. The van der Waals surface area contributed by atoms with Gasteiger partial charge in [-0.25, -0.2) is 0 Å². The molecule has 0 aliphatic rings. The number of thiocarbonyl (C=S) groups is 1. The molecule has 0 fully saturated rings. The Labute approximate surface area is 143 Å². The van der Waals surface area contributed by atoms with Gasteiger partial charge in [0, 0.05) is 25.5 Å². The lowest BCUT2D eigenvalue weighted by molar-refractivity contribution is 1.05. The Hall–Kier alpha value is -2.40. The first-order valence-electron chi connectivity index (χ1n) is 7.41. The van der Waals surface area contributed by atoms with Crippen LogP contribution in [-0.4, -0.2) is 25.4 Å². The second kappa shape index (κ2) is 7.74. The third-order valence-corrected chi connectivity index (χ3v) is 3.70. The van der Waals surface area contributed by atoms with Crippen molar-refractivity contribution < 1.29 is 0 Å². The van der Waals surface area contributed by atoms with Crippen LogP contribution in [0.5, 0.6) is 0 Å². The van der Waals surface area contributed by atoms with Crippen LogP contribution < -0.4 is 15.6 Å². The van der Waals surface area contributed by atoms with Crippen molar-refractivity contribution in [3.05, 3.63) is 59.2 Å². The highest BCUT2D eigenvalue weighted by Crippen LogP contribution is 2.19. The summed E-state index contributed by atoms with van der Waals surface area (Å²) in [5.74, 6) is 0. The fourth-order valence-corrected chi connectivity index (χ4v) is 2.33. The number of hydrogen-bond donors (Lipinski definition) is 2. The Bertz CT molecular complexity index is 685. The summed E-state index contributed by atoms with van der Waals surface area (Å²) in [4.78, 5) is 2.06. The molecule has 4 nitrogen and oxygen atoms in total. The molecule has 120 valence electrons. The van der Waals surface area contributed by atoms with E-state index in [-0.39, 0.29) is 0 Å². The van der Waals surface area contributed by atoms with Crippen LogP contribution in [0, 0.1) is 13.8 Å². The van der Waals surface area contributed by atoms with Gasteiger partial charge in [0.1, 0.15) is 0 Å². The minimum absolute atomic E-state index is 0.476. The van der Waals surface area contributed by atoms with Gasteiger partial charge in [0.05, 0.1) is 6.21 Å². The molecule has 0 bridgehead atoms. The molecule has 5 heteroatoms. The van der Waals surface area contributed by atoms with Gasteiger partial charge >= 0.3 is 0 Å². The van der Waals surface area contributed by atoms with E-state index in [1.54, 1.807) is 6.21 Å². The summed E-state index contributed by atoms with van der Waals surface area (Å²) in [5, 5.41) is 7.84. The summed E-state index contributed by atoms with van der Waals surface area (Å²) < 4.78 is 0. The zero-order valence-corrected chi connectivity index (χ0v) is 14.7. The number of aryl methyl sites for hydroxylation is 2. The molecule has 2 rings (SSSR count). The Morgan fingerprint density at radius 1 is 1.04 bits per heavy atom. The molecular weight excluding hydrogens is 304 g/mol. The van der Waals surface area contributed by atoms with Gasteiger partial charge in [-0.05, 0) is 54.9 Å². The van der Waals surface area contributed by atoms with E-state index in [0.29, 0.717) is 5.11 Å². The number of hydrazone groups is 1. The first kappa shape index (κ1) is 17.0. The second-order valence-electron chi connectivity index (χ2n) is 5.58. The Morgan fingerprint density at radius 2 is 1.65 bits per heavy atom. The number of para-hydroxylation sites is 1. The van der Waals surface area contributed by atoms with E-state index < -0.39 is 0 Å². The zero-order chi connectivity index (χ0) is 16.8. The third-order valence-electron chi connectivity index (χ3n) is 3.51. The number of nitrogens with zero attached hydrogens (tertiary/aromatic N) is 2. The smallest absolute Gasteiger partial charge is 0.191 e. The first-order valence-corrected chi connectivity index (χ1v) is 7.82. The monoisotopic (exact) mass is 326 g/mol. The van der Waals surface area contributed by atoms with Crippen LogP contribution in [0.15, 0.2) is 47.6 Å². The number of nitrogens with one attached hydrogen (secondary N) is 2. The fraction of sp³-hybridized carbons (Fsp3) is 0.222. The van der Waals surface area contributed by atoms with E-state index in [1.807, 2.05) is 58.3 Å². The summed E-state index contributed by atoms with van der Waals surface area (Å²) in [6.45, 7) is 4.10. The second-order valence-corrected chi connectivity index (χ2v) is 5.99. The Balaban J connectivity index is 1.93. The Morgan fingerprint density at radius 3 is 2.22 bits per heavy atom. The minimum Gasteiger partial charge on any atom is -0.378 e. The maximum atomic E-state index is 5.28. The van der Waals surface area contributed by atoms with Crippen molar-refractivity contribution in [2.45, 2.75) is 13.8 Å². The van der Waals surface area contributed by atoms with Crippen LogP contribution in [0.3, 0.4) is 0 Å². The van der Waals surface area contributed by atoms with Gasteiger partial charge in [0.2, 0.25) is 0 Å². The van der Waals surface area contributed by atoms with Crippen molar-refractivity contribution in [2.24, 2.45) is 5.10 Å². The van der Waals surface area contributed by atoms with E-state index in [0.717, 1.165) is 28.1 Å². The largest absolute Gasteiger partial charge is 0.378 e. The van der Waals surface area contributed by atoms with E-state index >= 15 is 0 Å². The summed E-state index contributed by atoms with van der Waals surface area (Å²) in [6.07, 6.45) is 1.75. The van der Waals surface area contributed by atoms with Crippen LogP contribution in [0.2, 0.25) is 0 Å². The molecule has 23 heavy (non-hydrogen) atoms. The van der Waals surface area contributed by atoms with Gasteiger partial charge in [-0.3, -0.25) is 5.43 Å². The lowest BCUT2D eigenvalue weighted by Crippen LogP contribution is -2.24. The summed E-state index contributed by atoms with van der Waals surface area (Å²) in [7, 11) is 4.03. The van der Waals surface area contributed by atoms with Crippen molar-refractivity contribution >= 4 is 34.9 Å². The molecule has 0 heterocycles. The maximum absolute atomic E-state index is 5.28. The lowest BCUT2D eigenvalue weighted by atomic mass is 10.1. The van der Waals surface area contributed by atoms with Crippen LogP contribution in [-0.2, 0) is 0 Å². The maximum Gasteiger partial charge on any atom is 0.191 e. The average Bonchev–Trinajstić information content (AvgIpc) is 2.51. The van der Waals surface area contributed by atoms with Crippen molar-refractivity contribution in [2.75, 3.05) is 24.3 Å². The van der Waals surface area contributed by atoms with Gasteiger partial charge in [-0.2, -0.15) is 5.10 Å². The van der Waals surface area contributed by atoms with Gasteiger partial charge in [0.15, 0.2) is 5.11 Å². The number of hydrogen-bond acceptors (Lipinski definition) is 3. The number of rotatable bonds is 4. The molecule has 0 spiro atoms. The molecule has 0 aliphatic heterocycles. The molecule has 0 saturated carbocycles. The molecule has 2 aromatic rings. The van der Waals surface area contributed by atoms with Gasteiger partial charge in [0.25, 0.3) is 0 Å². The molecule has 0 unspecified atom stereocenters. The normalized spacial score (nSPS) is 10.6. The predicted molar refractivity (Wildman–Crippen MR) is 104 cm³/mol. The highest BCUT2D eigenvalue weighted by Gasteiger charge is 2.03.